The van der Waals surface area contributed by atoms with Crippen molar-refractivity contribution in [3.8, 4) is 17.2 Å². The average Bonchev–Trinajstić information content (AvgIpc) is 2.53. The maximum absolute atomic E-state index is 10.8. The van der Waals surface area contributed by atoms with Crippen LogP contribution >= 0.6 is 11.6 Å². The lowest BCUT2D eigenvalue weighted by Gasteiger charge is -2.11. The number of nitrogens with zero attached hydrogens (tertiary/aromatic N) is 1. The van der Waals surface area contributed by atoms with Crippen LogP contribution in [0.15, 0.2) is 42.5 Å². The van der Waals surface area contributed by atoms with Gasteiger partial charge in [0.15, 0.2) is 11.5 Å². The summed E-state index contributed by atoms with van der Waals surface area (Å²) in [6.07, 6.45) is 0. The average molecular weight is 324 g/mol. The molecule has 0 spiro atoms. The second kappa shape index (κ2) is 7.51. The van der Waals surface area contributed by atoms with Gasteiger partial charge in [-0.1, -0.05) is 11.6 Å². The van der Waals surface area contributed by atoms with Crippen molar-refractivity contribution in [3.63, 3.8) is 0 Å². The molecule has 0 N–H and O–H groups in total. The summed E-state index contributed by atoms with van der Waals surface area (Å²) in [5.41, 5.74) is -0.0607. The van der Waals surface area contributed by atoms with Crippen LogP contribution in [0.5, 0.6) is 17.2 Å². The number of ether oxygens (including phenoxy) is 3. The predicted molar refractivity (Wildman–Crippen MR) is 82.1 cm³/mol. The van der Waals surface area contributed by atoms with E-state index in [0.29, 0.717) is 22.3 Å². The predicted octanol–water partition coefficient (Wildman–Crippen LogP) is 3.71. The molecule has 116 valence electrons. The van der Waals surface area contributed by atoms with Crippen LogP contribution in [-0.2, 0) is 0 Å². The molecule has 7 heteroatoms. The molecule has 0 aliphatic carbocycles. The van der Waals surface area contributed by atoms with Crippen LogP contribution in [0.3, 0.4) is 0 Å². The van der Waals surface area contributed by atoms with Gasteiger partial charge in [-0.3, -0.25) is 10.1 Å². The Morgan fingerprint density at radius 1 is 1.05 bits per heavy atom. The maximum Gasteiger partial charge on any atom is 0.273 e. The van der Waals surface area contributed by atoms with Gasteiger partial charge in [-0.2, -0.15) is 0 Å². The first kappa shape index (κ1) is 15.9. The first-order chi connectivity index (χ1) is 10.6. The lowest BCUT2D eigenvalue weighted by atomic mass is 10.3. The van der Waals surface area contributed by atoms with Gasteiger partial charge in [0.2, 0.25) is 0 Å². The van der Waals surface area contributed by atoms with E-state index in [1.165, 1.54) is 25.3 Å². The van der Waals surface area contributed by atoms with Crippen molar-refractivity contribution in [3.05, 3.63) is 57.6 Å². The number of halogens is 1. The molecule has 0 aliphatic heterocycles. The molecular formula is C15H14ClNO5. The molecule has 0 saturated carbocycles. The maximum atomic E-state index is 10.8. The number of benzene rings is 2. The van der Waals surface area contributed by atoms with Crippen molar-refractivity contribution in [2.24, 2.45) is 0 Å². The van der Waals surface area contributed by atoms with E-state index < -0.39 is 4.92 Å². The van der Waals surface area contributed by atoms with E-state index in [2.05, 4.69) is 0 Å². The summed E-state index contributed by atoms with van der Waals surface area (Å²) in [5, 5.41) is 11.4. The van der Waals surface area contributed by atoms with Crippen molar-refractivity contribution in [2.45, 2.75) is 0 Å². The minimum absolute atomic E-state index is 0.0607. The SMILES string of the molecule is COc1ccc([N+](=O)[O-])cc1OCCOc1ccc(Cl)cc1. The number of nitro groups is 1. The quantitative estimate of drug-likeness (QED) is 0.441. The highest BCUT2D eigenvalue weighted by Gasteiger charge is 2.12. The highest BCUT2D eigenvalue weighted by molar-refractivity contribution is 6.30. The Morgan fingerprint density at radius 3 is 2.36 bits per heavy atom. The standard InChI is InChI=1S/C15H14ClNO5/c1-20-14-7-4-12(17(18)19)10-15(14)22-9-8-21-13-5-2-11(16)3-6-13/h2-7,10H,8-9H2,1H3. The Kier molecular flexibility index (Phi) is 5.43. The summed E-state index contributed by atoms with van der Waals surface area (Å²) >= 11 is 5.78. The van der Waals surface area contributed by atoms with E-state index in [9.17, 15) is 10.1 Å². The Hall–Kier alpha value is -2.47. The van der Waals surface area contributed by atoms with Crippen LogP contribution < -0.4 is 14.2 Å². The first-order valence-electron chi connectivity index (χ1n) is 6.44. The van der Waals surface area contributed by atoms with Crippen molar-refractivity contribution >= 4 is 17.3 Å². The molecular weight excluding hydrogens is 310 g/mol. The fourth-order valence-corrected chi connectivity index (χ4v) is 1.86. The zero-order chi connectivity index (χ0) is 15.9. The summed E-state index contributed by atoms with van der Waals surface area (Å²) in [6, 6.07) is 11.1. The van der Waals surface area contributed by atoms with Crippen LogP contribution in [0, 0.1) is 10.1 Å². The molecule has 0 heterocycles. The number of methoxy groups -OCH3 is 1. The number of hydrogen-bond donors (Lipinski definition) is 0. The van der Waals surface area contributed by atoms with Gasteiger partial charge in [-0.05, 0) is 30.3 Å². The fraction of sp³-hybridized carbons (Fsp3) is 0.200. The van der Waals surface area contributed by atoms with Crippen LogP contribution in [0.4, 0.5) is 5.69 Å². The molecule has 0 bridgehead atoms. The summed E-state index contributed by atoms with van der Waals surface area (Å²) in [7, 11) is 1.47. The molecule has 2 aromatic carbocycles. The van der Waals surface area contributed by atoms with Gasteiger partial charge in [-0.25, -0.2) is 0 Å². The highest BCUT2D eigenvalue weighted by atomic mass is 35.5. The highest BCUT2D eigenvalue weighted by Crippen LogP contribution is 2.31. The van der Waals surface area contributed by atoms with Gasteiger partial charge in [-0.15, -0.1) is 0 Å². The third-order valence-electron chi connectivity index (χ3n) is 2.78. The molecule has 0 fully saturated rings. The topological polar surface area (TPSA) is 70.8 Å². The molecule has 6 nitrogen and oxygen atoms in total. The summed E-state index contributed by atoms with van der Waals surface area (Å²) in [6.45, 7) is 0.508. The molecule has 0 amide bonds. The van der Waals surface area contributed by atoms with E-state index in [1.807, 2.05) is 0 Å². The molecule has 0 aromatic heterocycles. The second-order valence-electron chi connectivity index (χ2n) is 4.24. The summed E-state index contributed by atoms with van der Waals surface area (Å²) in [4.78, 5) is 10.3. The minimum atomic E-state index is -0.490. The van der Waals surface area contributed by atoms with Crippen molar-refractivity contribution in [1.29, 1.82) is 0 Å². The number of hydrogen-bond acceptors (Lipinski definition) is 5. The minimum Gasteiger partial charge on any atom is -0.493 e. The zero-order valence-corrected chi connectivity index (χ0v) is 12.6. The van der Waals surface area contributed by atoms with Crippen LogP contribution in [0.25, 0.3) is 0 Å². The molecule has 22 heavy (non-hydrogen) atoms. The Balaban J connectivity index is 1.91. The monoisotopic (exact) mass is 323 g/mol. The zero-order valence-electron chi connectivity index (χ0n) is 11.8. The molecule has 0 aliphatic rings. The van der Waals surface area contributed by atoms with Crippen molar-refractivity contribution < 1.29 is 19.1 Å². The molecule has 0 atom stereocenters. The van der Waals surface area contributed by atoms with Gasteiger partial charge in [0, 0.05) is 11.1 Å². The van der Waals surface area contributed by atoms with Crippen LogP contribution in [-0.4, -0.2) is 25.2 Å². The Bertz CT molecular complexity index is 645. The number of nitro benzene ring substituents is 1. The second-order valence-corrected chi connectivity index (χ2v) is 4.68. The van der Waals surface area contributed by atoms with Gasteiger partial charge in [0.1, 0.15) is 19.0 Å². The molecule has 2 rings (SSSR count). The van der Waals surface area contributed by atoms with Gasteiger partial charge in [0.05, 0.1) is 18.1 Å². The largest absolute Gasteiger partial charge is 0.493 e. The van der Waals surface area contributed by atoms with Gasteiger partial charge in [0.25, 0.3) is 5.69 Å². The fourth-order valence-electron chi connectivity index (χ4n) is 1.73. The smallest absolute Gasteiger partial charge is 0.273 e. The van der Waals surface area contributed by atoms with E-state index >= 15 is 0 Å². The Morgan fingerprint density at radius 2 is 1.73 bits per heavy atom. The van der Waals surface area contributed by atoms with E-state index in [-0.39, 0.29) is 18.9 Å². The van der Waals surface area contributed by atoms with E-state index in [1.54, 1.807) is 24.3 Å². The third kappa shape index (κ3) is 4.26. The molecule has 0 saturated heterocycles. The number of non-ortho nitro benzene ring substituents is 1. The normalized spacial score (nSPS) is 10.1. The van der Waals surface area contributed by atoms with E-state index in [0.717, 1.165) is 0 Å². The summed E-state index contributed by atoms with van der Waals surface area (Å²) < 4.78 is 16.1. The van der Waals surface area contributed by atoms with Gasteiger partial charge >= 0.3 is 0 Å². The first-order valence-corrected chi connectivity index (χ1v) is 6.81. The molecule has 0 radical (unpaired) electrons. The lowest BCUT2D eigenvalue weighted by molar-refractivity contribution is -0.385. The van der Waals surface area contributed by atoms with Crippen molar-refractivity contribution in [1.82, 2.24) is 0 Å². The summed E-state index contributed by atoms with van der Waals surface area (Å²) in [5.74, 6) is 1.40. The lowest BCUT2D eigenvalue weighted by Crippen LogP contribution is -2.09. The van der Waals surface area contributed by atoms with Crippen LogP contribution in [0.1, 0.15) is 0 Å². The van der Waals surface area contributed by atoms with Crippen LogP contribution in [0.2, 0.25) is 5.02 Å². The van der Waals surface area contributed by atoms with E-state index in [4.69, 9.17) is 25.8 Å². The van der Waals surface area contributed by atoms with Gasteiger partial charge < -0.3 is 14.2 Å². The van der Waals surface area contributed by atoms with Crippen molar-refractivity contribution in [2.75, 3.05) is 20.3 Å². The molecule has 2 aromatic rings. The molecule has 0 unspecified atom stereocenters. The number of rotatable bonds is 7. The third-order valence-corrected chi connectivity index (χ3v) is 3.03. The Labute approximate surface area is 132 Å².